The van der Waals surface area contributed by atoms with Crippen LogP contribution in [0.25, 0.3) is 0 Å². The van der Waals surface area contributed by atoms with E-state index < -0.39 is 22.5 Å². The van der Waals surface area contributed by atoms with Crippen molar-refractivity contribution in [2.24, 2.45) is 5.10 Å². The van der Waals surface area contributed by atoms with Crippen molar-refractivity contribution >= 4 is 50.5 Å². The van der Waals surface area contributed by atoms with E-state index in [1.54, 1.807) is 18.2 Å². The molecule has 29 heavy (non-hydrogen) atoms. The van der Waals surface area contributed by atoms with Crippen molar-refractivity contribution in [2.75, 3.05) is 10.8 Å². The number of hydrogen-bond donors (Lipinski definition) is 1. The Bertz CT molecular complexity index is 1000. The van der Waals surface area contributed by atoms with Crippen LogP contribution < -0.4 is 9.73 Å². The molecule has 1 amide bonds. The molecule has 0 aliphatic heterocycles. The number of halogens is 2. The van der Waals surface area contributed by atoms with Crippen LogP contribution in [0.3, 0.4) is 0 Å². The summed E-state index contributed by atoms with van der Waals surface area (Å²) in [4.78, 5) is 12.6. The van der Waals surface area contributed by atoms with Crippen LogP contribution >= 0.6 is 23.2 Å². The number of sulfonamides is 1. The average molecular weight is 454 g/mol. The van der Waals surface area contributed by atoms with Gasteiger partial charge < -0.3 is 0 Å². The Balaban J connectivity index is 1.89. The highest BCUT2D eigenvalue weighted by atomic mass is 35.5. The molecule has 0 saturated heterocycles. The van der Waals surface area contributed by atoms with Crippen LogP contribution in [0.5, 0.6) is 0 Å². The molecule has 0 radical (unpaired) electrons. The normalized spacial score (nSPS) is 14.3. The van der Waals surface area contributed by atoms with Gasteiger partial charge in [-0.25, -0.2) is 13.8 Å². The Morgan fingerprint density at radius 1 is 1.03 bits per heavy atom. The number of carbonyl (C=O) groups is 1. The van der Waals surface area contributed by atoms with Crippen LogP contribution in [0.2, 0.25) is 10.0 Å². The van der Waals surface area contributed by atoms with Crippen molar-refractivity contribution in [3.8, 4) is 0 Å². The lowest BCUT2D eigenvalue weighted by Crippen LogP contribution is -2.40. The van der Waals surface area contributed by atoms with Gasteiger partial charge in [-0.2, -0.15) is 5.10 Å². The molecule has 1 fully saturated rings. The standard InChI is InChI=1S/C20H21Cl2N3O3S/c21-15-11-12-19(18(22)13-15)25(29(27,28)17-9-5-2-6-10-17)14-20(26)24-23-16-7-3-1-4-8-16/h2,5-6,9-13H,1,3-4,7-8,14H2,(H,24,26). The Morgan fingerprint density at radius 2 is 1.72 bits per heavy atom. The molecule has 1 saturated carbocycles. The van der Waals surface area contributed by atoms with Gasteiger partial charge in [-0.3, -0.25) is 9.10 Å². The number of hydrazone groups is 1. The summed E-state index contributed by atoms with van der Waals surface area (Å²) in [5.74, 6) is -0.548. The third-order valence-electron chi connectivity index (χ3n) is 4.57. The first-order valence-corrected chi connectivity index (χ1v) is 11.4. The lowest BCUT2D eigenvalue weighted by Gasteiger charge is -2.24. The van der Waals surface area contributed by atoms with E-state index in [4.69, 9.17) is 23.2 Å². The number of hydrogen-bond acceptors (Lipinski definition) is 4. The molecule has 0 aromatic heterocycles. The van der Waals surface area contributed by atoms with Crippen molar-refractivity contribution in [3.63, 3.8) is 0 Å². The fraction of sp³-hybridized carbons (Fsp3) is 0.300. The van der Waals surface area contributed by atoms with Crippen molar-refractivity contribution in [1.29, 1.82) is 0 Å². The maximum Gasteiger partial charge on any atom is 0.264 e. The van der Waals surface area contributed by atoms with Crippen LogP contribution in [0.1, 0.15) is 32.1 Å². The summed E-state index contributed by atoms with van der Waals surface area (Å²) >= 11 is 12.2. The molecule has 0 atom stereocenters. The van der Waals surface area contributed by atoms with Crippen LogP contribution in [-0.4, -0.2) is 26.6 Å². The maximum absolute atomic E-state index is 13.2. The molecular formula is C20H21Cl2N3O3S. The van der Waals surface area contributed by atoms with Gasteiger partial charge in [0.2, 0.25) is 0 Å². The van der Waals surface area contributed by atoms with Gasteiger partial charge >= 0.3 is 0 Å². The first kappa shape index (κ1) is 21.6. The zero-order valence-corrected chi connectivity index (χ0v) is 18.0. The largest absolute Gasteiger partial charge is 0.271 e. The monoisotopic (exact) mass is 453 g/mol. The first-order chi connectivity index (χ1) is 13.9. The summed E-state index contributed by atoms with van der Waals surface area (Å²) in [5, 5.41) is 4.66. The molecule has 1 aliphatic carbocycles. The minimum atomic E-state index is -4.03. The number of nitrogens with one attached hydrogen (secondary N) is 1. The minimum Gasteiger partial charge on any atom is -0.271 e. The lowest BCUT2D eigenvalue weighted by atomic mass is 9.99. The summed E-state index contributed by atoms with van der Waals surface area (Å²) in [5.41, 5.74) is 3.57. The third-order valence-corrected chi connectivity index (χ3v) is 6.88. The second-order valence-electron chi connectivity index (χ2n) is 6.69. The van der Waals surface area contributed by atoms with Gasteiger partial charge in [0.1, 0.15) is 6.54 Å². The molecule has 0 unspecified atom stereocenters. The SMILES string of the molecule is O=C(CN(c1ccc(Cl)cc1Cl)S(=O)(=O)c1ccccc1)NN=C1CCCCC1. The zero-order chi connectivity index (χ0) is 20.9. The van der Waals surface area contributed by atoms with Gasteiger partial charge in [0.05, 0.1) is 15.6 Å². The second kappa shape index (κ2) is 9.61. The van der Waals surface area contributed by atoms with E-state index >= 15 is 0 Å². The fourth-order valence-electron chi connectivity index (χ4n) is 3.08. The Morgan fingerprint density at radius 3 is 2.38 bits per heavy atom. The summed E-state index contributed by atoms with van der Waals surface area (Å²) in [7, 11) is -4.03. The molecule has 154 valence electrons. The second-order valence-corrected chi connectivity index (χ2v) is 9.40. The molecule has 1 aliphatic rings. The molecule has 0 bridgehead atoms. The van der Waals surface area contributed by atoms with E-state index in [0.29, 0.717) is 5.02 Å². The summed E-state index contributed by atoms with van der Waals surface area (Å²) in [6, 6.07) is 12.3. The highest BCUT2D eigenvalue weighted by Crippen LogP contribution is 2.32. The van der Waals surface area contributed by atoms with E-state index in [0.717, 1.165) is 42.1 Å². The number of rotatable bonds is 6. The number of anilines is 1. The molecular weight excluding hydrogens is 433 g/mol. The molecule has 0 heterocycles. The molecule has 9 heteroatoms. The van der Waals surface area contributed by atoms with E-state index in [9.17, 15) is 13.2 Å². The van der Waals surface area contributed by atoms with Gasteiger partial charge in [0, 0.05) is 10.7 Å². The van der Waals surface area contributed by atoms with E-state index in [1.807, 2.05) is 0 Å². The highest BCUT2D eigenvalue weighted by Gasteiger charge is 2.28. The van der Waals surface area contributed by atoms with Crippen molar-refractivity contribution in [3.05, 3.63) is 58.6 Å². The predicted octanol–water partition coefficient (Wildman–Crippen LogP) is 4.63. The maximum atomic E-state index is 13.2. The summed E-state index contributed by atoms with van der Waals surface area (Å²) in [6.07, 6.45) is 4.93. The molecule has 1 N–H and O–H groups in total. The smallest absolute Gasteiger partial charge is 0.264 e. The molecule has 3 rings (SSSR count). The Labute approximate surface area is 180 Å². The molecule has 0 spiro atoms. The molecule has 2 aromatic rings. The van der Waals surface area contributed by atoms with E-state index in [1.165, 1.54) is 30.3 Å². The zero-order valence-electron chi connectivity index (χ0n) is 15.6. The highest BCUT2D eigenvalue weighted by molar-refractivity contribution is 7.92. The molecule has 2 aromatic carbocycles. The molecule has 6 nitrogen and oxygen atoms in total. The van der Waals surface area contributed by atoms with Gasteiger partial charge in [-0.05, 0) is 56.0 Å². The number of amides is 1. The Kier molecular flexibility index (Phi) is 7.16. The van der Waals surface area contributed by atoms with Crippen molar-refractivity contribution in [2.45, 2.75) is 37.0 Å². The fourth-order valence-corrected chi connectivity index (χ4v) is 5.10. The van der Waals surface area contributed by atoms with Crippen molar-refractivity contribution in [1.82, 2.24) is 5.43 Å². The van der Waals surface area contributed by atoms with Gasteiger partial charge in [0.15, 0.2) is 0 Å². The quantitative estimate of drug-likeness (QED) is 0.647. The van der Waals surface area contributed by atoms with Gasteiger partial charge in [0.25, 0.3) is 15.9 Å². The Hall–Kier alpha value is -2.09. The predicted molar refractivity (Wildman–Crippen MR) is 116 cm³/mol. The van der Waals surface area contributed by atoms with Crippen molar-refractivity contribution < 1.29 is 13.2 Å². The van der Waals surface area contributed by atoms with Gasteiger partial charge in [-0.1, -0.05) is 47.8 Å². The third kappa shape index (κ3) is 5.50. The number of carbonyl (C=O) groups excluding carboxylic acids is 1. The van der Waals surface area contributed by atoms with Crippen LogP contribution in [0.4, 0.5) is 5.69 Å². The van der Waals surface area contributed by atoms with Gasteiger partial charge in [-0.15, -0.1) is 0 Å². The average Bonchev–Trinajstić information content (AvgIpc) is 2.72. The van der Waals surface area contributed by atoms with Crippen LogP contribution in [-0.2, 0) is 14.8 Å². The van der Waals surface area contributed by atoms with Crippen LogP contribution in [0.15, 0.2) is 58.5 Å². The number of nitrogens with zero attached hydrogens (tertiary/aromatic N) is 2. The van der Waals surface area contributed by atoms with E-state index in [2.05, 4.69) is 10.5 Å². The number of benzene rings is 2. The topological polar surface area (TPSA) is 78.8 Å². The summed E-state index contributed by atoms with van der Waals surface area (Å²) < 4.78 is 27.4. The van der Waals surface area contributed by atoms with Crippen LogP contribution in [0, 0.1) is 0 Å². The van der Waals surface area contributed by atoms with E-state index in [-0.39, 0.29) is 15.6 Å². The minimum absolute atomic E-state index is 0.0532. The first-order valence-electron chi connectivity index (χ1n) is 9.25. The lowest BCUT2D eigenvalue weighted by molar-refractivity contribution is -0.119. The summed E-state index contributed by atoms with van der Waals surface area (Å²) in [6.45, 7) is -0.463.